The van der Waals surface area contributed by atoms with E-state index in [4.69, 9.17) is 9.84 Å². The highest BCUT2D eigenvalue weighted by atomic mass is 16.5. The SMILES string of the molecule is CC[C@H](C)[C@H](NC(=O)N1CCC(OCCO)CC1)C(=O)O. The van der Waals surface area contributed by atoms with Gasteiger partial charge in [-0.3, -0.25) is 0 Å². The lowest BCUT2D eigenvalue weighted by atomic mass is 9.99. The molecule has 1 fully saturated rings. The minimum atomic E-state index is -1.00. The van der Waals surface area contributed by atoms with E-state index in [-0.39, 0.29) is 24.7 Å². The Morgan fingerprint density at radius 1 is 1.38 bits per heavy atom. The van der Waals surface area contributed by atoms with E-state index in [0.717, 1.165) is 0 Å². The maximum Gasteiger partial charge on any atom is 0.326 e. The minimum Gasteiger partial charge on any atom is -0.480 e. The molecule has 1 heterocycles. The summed E-state index contributed by atoms with van der Waals surface area (Å²) < 4.78 is 5.43. The number of aliphatic hydroxyl groups excluding tert-OH is 1. The molecule has 0 spiro atoms. The Kier molecular flexibility index (Phi) is 7.45. The first-order chi connectivity index (χ1) is 9.99. The molecule has 0 bridgehead atoms. The van der Waals surface area contributed by atoms with E-state index >= 15 is 0 Å². The van der Waals surface area contributed by atoms with Crippen LogP contribution in [0.2, 0.25) is 0 Å². The lowest BCUT2D eigenvalue weighted by Gasteiger charge is -2.33. The molecule has 0 unspecified atom stereocenters. The van der Waals surface area contributed by atoms with Crippen molar-refractivity contribution in [3.05, 3.63) is 0 Å². The molecule has 0 aliphatic carbocycles. The van der Waals surface area contributed by atoms with Crippen LogP contribution in [0.1, 0.15) is 33.1 Å². The van der Waals surface area contributed by atoms with Gasteiger partial charge in [0.1, 0.15) is 6.04 Å². The maximum absolute atomic E-state index is 12.1. The Bertz CT molecular complexity index is 342. The summed E-state index contributed by atoms with van der Waals surface area (Å²) in [7, 11) is 0. The smallest absolute Gasteiger partial charge is 0.326 e. The molecular formula is C14H26N2O5. The second kappa shape index (κ2) is 8.84. The monoisotopic (exact) mass is 302 g/mol. The Hall–Kier alpha value is -1.34. The molecule has 3 N–H and O–H groups in total. The first-order valence-corrected chi connectivity index (χ1v) is 7.50. The molecule has 0 radical (unpaired) electrons. The molecule has 122 valence electrons. The van der Waals surface area contributed by atoms with E-state index in [2.05, 4.69) is 5.32 Å². The third kappa shape index (κ3) is 5.51. The topological polar surface area (TPSA) is 99.1 Å². The molecule has 1 rings (SSSR count). The normalized spacial score (nSPS) is 19.1. The number of hydrogen-bond donors (Lipinski definition) is 3. The second-order valence-electron chi connectivity index (χ2n) is 5.43. The highest BCUT2D eigenvalue weighted by Gasteiger charge is 2.29. The number of piperidine rings is 1. The third-order valence-corrected chi connectivity index (χ3v) is 3.93. The summed E-state index contributed by atoms with van der Waals surface area (Å²) in [6, 6.07) is -1.19. The molecule has 1 saturated heterocycles. The van der Waals surface area contributed by atoms with Crippen LogP contribution in [0.25, 0.3) is 0 Å². The van der Waals surface area contributed by atoms with Gasteiger partial charge in [0.2, 0.25) is 0 Å². The second-order valence-corrected chi connectivity index (χ2v) is 5.43. The molecule has 0 aromatic heterocycles. The summed E-state index contributed by atoms with van der Waals surface area (Å²) in [5.74, 6) is -1.12. The van der Waals surface area contributed by atoms with Gasteiger partial charge in [-0.2, -0.15) is 0 Å². The fourth-order valence-electron chi connectivity index (χ4n) is 2.35. The summed E-state index contributed by atoms with van der Waals surface area (Å²) in [6.07, 6.45) is 2.16. The number of nitrogens with zero attached hydrogens (tertiary/aromatic N) is 1. The number of amides is 2. The molecule has 2 atom stereocenters. The summed E-state index contributed by atoms with van der Waals surface area (Å²) in [6.45, 7) is 5.09. The van der Waals surface area contributed by atoms with Gasteiger partial charge < -0.3 is 25.2 Å². The van der Waals surface area contributed by atoms with E-state index in [1.807, 2.05) is 13.8 Å². The van der Waals surface area contributed by atoms with Crippen molar-refractivity contribution in [2.75, 3.05) is 26.3 Å². The summed E-state index contributed by atoms with van der Waals surface area (Å²) in [5.41, 5.74) is 0. The quantitative estimate of drug-likeness (QED) is 0.642. The van der Waals surface area contributed by atoms with E-state index in [1.165, 1.54) is 0 Å². The summed E-state index contributed by atoms with van der Waals surface area (Å²) in [4.78, 5) is 25.0. The molecular weight excluding hydrogens is 276 g/mol. The van der Waals surface area contributed by atoms with Crippen LogP contribution in [-0.2, 0) is 9.53 Å². The molecule has 7 heteroatoms. The van der Waals surface area contributed by atoms with Crippen molar-refractivity contribution in [1.82, 2.24) is 10.2 Å². The number of carbonyl (C=O) groups is 2. The van der Waals surface area contributed by atoms with Crippen LogP contribution in [0, 0.1) is 5.92 Å². The number of carbonyl (C=O) groups excluding carboxylic acids is 1. The van der Waals surface area contributed by atoms with Gasteiger partial charge in [0, 0.05) is 13.1 Å². The van der Waals surface area contributed by atoms with Gasteiger partial charge in [-0.1, -0.05) is 20.3 Å². The van der Waals surface area contributed by atoms with Crippen LogP contribution in [-0.4, -0.2) is 65.6 Å². The van der Waals surface area contributed by atoms with Gasteiger partial charge in [-0.25, -0.2) is 9.59 Å². The van der Waals surface area contributed by atoms with Crippen LogP contribution in [0.15, 0.2) is 0 Å². The number of carboxylic acids is 1. The molecule has 21 heavy (non-hydrogen) atoms. The first-order valence-electron chi connectivity index (χ1n) is 7.50. The molecule has 0 saturated carbocycles. The molecule has 0 aromatic carbocycles. The van der Waals surface area contributed by atoms with Crippen LogP contribution in [0.5, 0.6) is 0 Å². The zero-order valence-electron chi connectivity index (χ0n) is 12.7. The lowest BCUT2D eigenvalue weighted by molar-refractivity contribution is -0.140. The lowest BCUT2D eigenvalue weighted by Crippen LogP contribution is -2.52. The number of aliphatic hydroxyl groups is 1. The molecule has 1 aliphatic heterocycles. The van der Waals surface area contributed by atoms with Gasteiger partial charge in [0.05, 0.1) is 19.3 Å². The van der Waals surface area contributed by atoms with Gasteiger partial charge in [-0.05, 0) is 18.8 Å². The number of hydrogen-bond acceptors (Lipinski definition) is 4. The van der Waals surface area contributed by atoms with E-state index < -0.39 is 12.0 Å². The van der Waals surface area contributed by atoms with Crippen molar-refractivity contribution >= 4 is 12.0 Å². The van der Waals surface area contributed by atoms with Crippen LogP contribution < -0.4 is 5.32 Å². The Balaban J connectivity index is 2.44. The number of likely N-dealkylation sites (tertiary alicyclic amines) is 1. The van der Waals surface area contributed by atoms with E-state index in [1.54, 1.807) is 4.90 Å². The number of urea groups is 1. The molecule has 2 amide bonds. The highest BCUT2D eigenvalue weighted by Crippen LogP contribution is 2.15. The van der Waals surface area contributed by atoms with Crippen molar-refractivity contribution in [1.29, 1.82) is 0 Å². The maximum atomic E-state index is 12.1. The van der Waals surface area contributed by atoms with Crippen molar-refractivity contribution in [2.45, 2.75) is 45.3 Å². The minimum absolute atomic E-state index is 0.00407. The van der Waals surface area contributed by atoms with Gasteiger partial charge in [-0.15, -0.1) is 0 Å². The van der Waals surface area contributed by atoms with Crippen LogP contribution >= 0.6 is 0 Å². The Labute approximate surface area is 125 Å². The summed E-state index contributed by atoms with van der Waals surface area (Å²) >= 11 is 0. The van der Waals surface area contributed by atoms with Crippen molar-refractivity contribution in [3.8, 4) is 0 Å². The molecule has 7 nitrogen and oxygen atoms in total. The number of aliphatic carboxylic acids is 1. The zero-order chi connectivity index (χ0) is 15.8. The zero-order valence-corrected chi connectivity index (χ0v) is 12.7. The van der Waals surface area contributed by atoms with Gasteiger partial charge in [0.15, 0.2) is 0 Å². The van der Waals surface area contributed by atoms with Gasteiger partial charge >= 0.3 is 12.0 Å². The number of nitrogens with one attached hydrogen (secondary N) is 1. The van der Waals surface area contributed by atoms with E-state index in [0.29, 0.717) is 39.0 Å². The highest BCUT2D eigenvalue weighted by molar-refractivity contribution is 5.82. The number of rotatable bonds is 7. The average Bonchev–Trinajstić information content (AvgIpc) is 2.49. The fraction of sp³-hybridized carbons (Fsp3) is 0.857. The first kappa shape index (κ1) is 17.7. The standard InChI is InChI=1S/C14H26N2O5/c1-3-10(2)12(13(18)19)15-14(20)16-6-4-11(5-7-16)21-9-8-17/h10-12,17H,3-9H2,1-2H3,(H,15,20)(H,18,19)/t10-,12-/m0/s1. The van der Waals surface area contributed by atoms with E-state index in [9.17, 15) is 14.7 Å². The molecule has 1 aliphatic rings. The molecule has 0 aromatic rings. The van der Waals surface area contributed by atoms with Gasteiger partial charge in [0.25, 0.3) is 0 Å². The number of carboxylic acid groups (broad SMARTS) is 1. The number of ether oxygens (including phenoxy) is 1. The largest absolute Gasteiger partial charge is 0.480 e. The van der Waals surface area contributed by atoms with Crippen LogP contribution in [0.3, 0.4) is 0 Å². The van der Waals surface area contributed by atoms with Crippen LogP contribution in [0.4, 0.5) is 4.79 Å². The van der Waals surface area contributed by atoms with Crippen molar-refractivity contribution in [2.24, 2.45) is 5.92 Å². The third-order valence-electron chi connectivity index (χ3n) is 3.93. The van der Waals surface area contributed by atoms with Crippen molar-refractivity contribution in [3.63, 3.8) is 0 Å². The summed E-state index contributed by atoms with van der Waals surface area (Å²) in [5, 5.41) is 20.5. The average molecular weight is 302 g/mol. The fourth-order valence-corrected chi connectivity index (χ4v) is 2.35. The Morgan fingerprint density at radius 3 is 2.48 bits per heavy atom. The Morgan fingerprint density at radius 2 is 2.00 bits per heavy atom. The predicted octanol–water partition coefficient (Wildman–Crippen LogP) is 0.669. The van der Waals surface area contributed by atoms with Crippen molar-refractivity contribution < 1.29 is 24.5 Å². The predicted molar refractivity (Wildman–Crippen MR) is 77.0 cm³/mol.